The standard InChI is InChI=1S/C26H32FN3O/c1-19-15-22(9-10-24(19)27)23-8-7-21-11-14-30(25(21)16-23)18-26(31)29-13-12-28-17-20-5-3-2-4-6-20/h7-11,14-16,20,28H,2-6,12-13,17-18H2,1H3,(H,29,31). The van der Waals surface area contributed by atoms with Gasteiger partial charge in [0.05, 0.1) is 0 Å². The Morgan fingerprint density at radius 1 is 1.03 bits per heavy atom. The second kappa shape index (κ2) is 10.1. The third-order valence-corrected chi connectivity index (χ3v) is 6.36. The number of nitrogens with zero attached hydrogens (tertiary/aromatic N) is 1. The van der Waals surface area contributed by atoms with Crippen molar-refractivity contribution in [2.75, 3.05) is 19.6 Å². The Balaban J connectivity index is 1.32. The Labute approximate surface area is 183 Å². The summed E-state index contributed by atoms with van der Waals surface area (Å²) in [5.74, 6) is 0.618. The molecule has 0 unspecified atom stereocenters. The second-order valence-corrected chi connectivity index (χ2v) is 8.74. The number of benzene rings is 2. The Hall–Kier alpha value is -2.66. The van der Waals surface area contributed by atoms with E-state index in [1.807, 2.05) is 35.0 Å². The van der Waals surface area contributed by atoms with Crippen LogP contribution in [0.3, 0.4) is 0 Å². The molecule has 1 aliphatic rings. The number of halogens is 1. The largest absolute Gasteiger partial charge is 0.353 e. The summed E-state index contributed by atoms with van der Waals surface area (Å²) in [7, 11) is 0. The normalized spacial score (nSPS) is 14.8. The highest BCUT2D eigenvalue weighted by Gasteiger charge is 2.12. The van der Waals surface area contributed by atoms with E-state index in [9.17, 15) is 9.18 Å². The lowest BCUT2D eigenvalue weighted by Gasteiger charge is -2.21. The van der Waals surface area contributed by atoms with Crippen LogP contribution in [0, 0.1) is 18.7 Å². The summed E-state index contributed by atoms with van der Waals surface area (Å²) in [4.78, 5) is 12.5. The van der Waals surface area contributed by atoms with Crippen molar-refractivity contribution < 1.29 is 9.18 Å². The molecule has 1 amide bonds. The summed E-state index contributed by atoms with van der Waals surface area (Å²) in [6, 6.07) is 13.3. The summed E-state index contributed by atoms with van der Waals surface area (Å²) < 4.78 is 15.6. The van der Waals surface area contributed by atoms with Crippen molar-refractivity contribution in [3.8, 4) is 11.1 Å². The van der Waals surface area contributed by atoms with E-state index < -0.39 is 0 Å². The third kappa shape index (κ3) is 5.53. The van der Waals surface area contributed by atoms with Crippen LogP contribution < -0.4 is 10.6 Å². The van der Waals surface area contributed by atoms with Crippen LogP contribution in [0.25, 0.3) is 22.0 Å². The molecule has 1 aliphatic carbocycles. The number of hydrogen-bond donors (Lipinski definition) is 2. The van der Waals surface area contributed by atoms with Crippen LogP contribution >= 0.6 is 0 Å². The molecule has 1 saturated carbocycles. The summed E-state index contributed by atoms with van der Waals surface area (Å²) in [6.07, 6.45) is 8.71. The summed E-state index contributed by atoms with van der Waals surface area (Å²) >= 11 is 0. The monoisotopic (exact) mass is 421 g/mol. The Kier molecular flexibility index (Phi) is 7.03. The van der Waals surface area contributed by atoms with Crippen molar-refractivity contribution in [3.05, 3.63) is 60.0 Å². The maximum absolute atomic E-state index is 13.6. The first-order chi connectivity index (χ1) is 15.1. The van der Waals surface area contributed by atoms with Crippen LogP contribution in [0.1, 0.15) is 37.7 Å². The third-order valence-electron chi connectivity index (χ3n) is 6.36. The smallest absolute Gasteiger partial charge is 0.239 e. The molecule has 1 aromatic heterocycles. The average Bonchev–Trinajstić information content (AvgIpc) is 3.18. The number of aryl methyl sites for hydroxylation is 1. The number of aromatic nitrogens is 1. The Bertz CT molecular complexity index is 1040. The van der Waals surface area contributed by atoms with Crippen LogP contribution in [-0.2, 0) is 11.3 Å². The molecule has 0 atom stereocenters. The first kappa shape index (κ1) is 21.6. The van der Waals surface area contributed by atoms with Gasteiger partial charge >= 0.3 is 0 Å². The SMILES string of the molecule is Cc1cc(-c2ccc3ccn(CC(=O)NCCNCC4CCCCC4)c3c2)ccc1F. The molecule has 1 heterocycles. The first-order valence-electron chi connectivity index (χ1n) is 11.4. The molecule has 0 saturated heterocycles. The minimum Gasteiger partial charge on any atom is -0.353 e. The van der Waals surface area contributed by atoms with E-state index in [4.69, 9.17) is 0 Å². The van der Waals surface area contributed by atoms with Crippen molar-refractivity contribution in [2.45, 2.75) is 45.6 Å². The van der Waals surface area contributed by atoms with E-state index in [-0.39, 0.29) is 18.3 Å². The summed E-state index contributed by atoms with van der Waals surface area (Å²) in [6.45, 7) is 4.57. The van der Waals surface area contributed by atoms with Gasteiger partial charge in [-0.15, -0.1) is 0 Å². The predicted molar refractivity (Wildman–Crippen MR) is 125 cm³/mol. The van der Waals surface area contributed by atoms with E-state index in [0.29, 0.717) is 12.1 Å². The fraction of sp³-hybridized carbons (Fsp3) is 0.423. The number of rotatable bonds is 8. The molecule has 0 aliphatic heterocycles. The molecule has 0 bridgehead atoms. The summed E-state index contributed by atoms with van der Waals surface area (Å²) in [5, 5.41) is 7.59. The maximum atomic E-state index is 13.6. The van der Waals surface area contributed by atoms with Crippen molar-refractivity contribution >= 4 is 16.8 Å². The zero-order valence-corrected chi connectivity index (χ0v) is 18.3. The van der Waals surface area contributed by atoms with E-state index >= 15 is 0 Å². The van der Waals surface area contributed by atoms with Crippen LogP contribution in [0.15, 0.2) is 48.7 Å². The molecule has 2 aromatic carbocycles. The van der Waals surface area contributed by atoms with Crippen molar-refractivity contribution in [2.24, 2.45) is 5.92 Å². The number of fused-ring (bicyclic) bond motifs is 1. The molecule has 5 heteroatoms. The van der Waals surface area contributed by atoms with Gasteiger partial charge in [0.15, 0.2) is 0 Å². The van der Waals surface area contributed by atoms with Gasteiger partial charge < -0.3 is 15.2 Å². The quantitative estimate of drug-likeness (QED) is 0.501. The predicted octanol–water partition coefficient (Wildman–Crippen LogP) is 5.04. The fourth-order valence-corrected chi connectivity index (χ4v) is 4.52. The molecule has 31 heavy (non-hydrogen) atoms. The molecule has 1 fully saturated rings. The zero-order valence-electron chi connectivity index (χ0n) is 18.3. The van der Waals surface area contributed by atoms with Gasteiger partial charge in [0, 0.05) is 24.8 Å². The maximum Gasteiger partial charge on any atom is 0.239 e. The highest BCUT2D eigenvalue weighted by Crippen LogP contribution is 2.27. The molecular weight excluding hydrogens is 389 g/mol. The zero-order chi connectivity index (χ0) is 21.6. The Morgan fingerprint density at radius 2 is 1.81 bits per heavy atom. The molecular formula is C26H32FN3O. The number of hydrogen-bond acceptors (Lipinski definition) is 2. The van der Waals surface area contributed by atoms with Crippen molar-refractivity contribution in [1.82, 2.24) is 15.2 Å². The first-order valence-corrected chi connectivity index (χ1v) is 11.4. The minimum atomic E-state index is -0.196. The van der Waals surface area contributed by atoms with Crippen LogP contribution in [0.2, 0.25) is 0 Å². The molecule has 3 aromatic rings. The van der Waals surface area contributed by atoms with Crippen LogP contribution in [0.4, 0.5) is 4.39 Å². The number of carbonyl (C=O) groups excluding carboxylic acids is 1. The lowest BCUT2D eigenvalue weighted by molar-refractivity contribution is -0.121. The molecule has 4 nitrogen and oxygen atoms in total. The van der Waals surface area contributed by atoms with Gasteiger partial charge in [-0.2, -0.15) is 0 Å². The van der Waals surface area contributed by atoms with E-state index in [2.05, 4.69) is 16.7 Å². The molecule has 164 valence electrons. The minimum absolute atomic E-state index is 0.0139. The molecule has 2 N–H and O–H groups in total. The van der Waals surface area contributed by atoms with Crippen LogP contribution in [0.5, 0.6) is 0 Å². The lowest BCUT2D eigenvalue weighted by Crippen LogP contribution is -2.35. The van der Waals surface area contributed by atoms with Gasteiger partial charge in [0.2, 0.25) is 5.91 Å². The highest BCUT2D eigenvalue weighted by molar-refractivity contribution is 5.87. The van der Waals surface area contributed by atoms with Crippen LogP contribution in [-0.4, -0.2) is 30.1 Å². The topological polar surface area (TPSA) is 46.1 Å². The van der Waals surface area contributed by atoms with E-state index in [1.165, 1.54) is 38.2 Å². The second-order valence-electron chi connectivity index (χ2n) is 8.74. The van der Waals surface area contributed by atoms with Gasteiger partial charge in [0.25, 0.3) is 0 Å². The van der Waals surface area contributed by atoms with Crippen molar-refractivity contribution in [3.63, 3.8) is 0 Å². The van der Waals surface area contributed by atoms with Crippen molar-refractivity contribution in [1.29, 1.82) is 0 Å². The number of amides is 1. The van der Waals surface area contributed by atoms with Gasteiger partial charge in [-0.05, 0) is 78.6 Å². The number of nitrogens with one attached hydrogen (secondary N) is 2. The summed E-state index contributed by atoms with van der Waals surface area (Å²) in [5.41, 5.74) is 3.62. The lowest BCUT2D eigenvalue weighted by atomic mass is 9.89. The molecule has 0 radical (unpaired) electrons. The van der Waals surface area contributed by atoms with Gasteiger partial charge in [-0.3, -0.25) is 4.79 Å². The molecule has 0 spiro atoms. The highest BCUT2D eigenvalue weighted by atomic mass is 19.1. The van der Waals surface area contributed by atoms with Gasteiger partial charge in [0.1, 0.15) is 12.4 Å². The number of carbonyl (C=O) groups is 1. The Morgan fingerprint density at radius 3 is 2.61 bits per heavy atom. The fourth-order valence-electron chi connectivity index (χ4n) is 4.52. The molecule has 4 rings (SSSR count). The average molecular weight is 422 g/mol. The van der Waals surface area contributed by atoms with E-state index in [0.717, 1.165) is 41.0 Å². The van der Waals surface area contributed by atoms with E-state index in [1.54, 1.807) is 13.0 Å². The van der Waals surface area contributed by atoms with Gasteiger partial charge in [-0.25, -0.2) is 4.39 Å². The van der Waals surface area contributed by atoms with Gasteiger partial charge in [-0.1, -0.05) is 37.5 Å².